The highest BCUT2D eigenvalue weighted by Gasteiger charge is 2.18. The average molecular weight is 568 g/mol. The fourth-order valence-electron chi connectivity index (χ4n) is 5.30. The summed E-state index contributed by atoms with van der Waals surface area (Å²) in [5, 5.41) is 14.8. The van der Waals surface area contributed by atoms with Crippen LogP contribution in [-0.4, -0.2) is 40.9 Å². The van der Waals surface area contributed by atoms with Crippen molar-refractivity contribution < 1.29 is 4.79 Å². The van der Waals surface area contributed by atoms with Crippen molar-refractivity contribution in [3.8, 4) is 33.6 Å². The predicted octanol–water partition coefficient (Wildman–Crippen LogP) is 7.00. The van der Waals surface area contributed by atoms with Gasteiger partial charge in [0.1, 0.15) is 11.5 Å². The van der Waals surface area contributed by atoms with Crippen LogP contribution in [0.15, 0.2) is 103 Å². The number of hydrogen-bond acceptors (Lipinski definition) is 6. The van der Waals surface area contributed by atoms with Gasteiger partial charge in [0.15, 0.2) is 5.78 Å². The van der Waals surface area contributed by atoms with Gasteiger partial charge in [-0.05, 0) is 70.1 Å². The van der Waals surface area contributed by atoms with Gasteiger partial charge in [0.25, 0.3) is 0 Å². The van der Waals surface area contributed by atoms with Gasteiger partial charge >= 0.3 is 0 Å². The number of carbonyl (C=O) groups is 1. The van der Waals surface area contributed by atoms with Crippen LogP contribution in [0.3, 0.4) is 0 Å². The molecule has 6 aromatic rings. The zero-order valence-electron chi connectivity index (χ0n) is 24.1. The molecule has 1 N–H and O–H groups in total. The Kier molecular flexibility index (Phi) is 8.54. The summed E-state index contributed by atoms with van der Waals surface area (Å²) in [6.45, 7) is 2.74. The number of rotatable bonds is 12. The van der Waals surface area contributed by atoms with Gasteiger partial charge in [-0.25, -0.2) is 4.98 Å². The standard InChI is InChI=1S/C35H33N7O/c1-2-3-12-34-37-23-32(33(43)20-18-29-11-7-8-21-36-29)42(34)24-25-13-15-27(16-14-25)31-22-28(26-9-5-4-6-10-26)17-19-30(31)35-38-40-41-39-35/h4-11,13-17,19,21-23H,2-3,12,18,20,24H2,1H3,(H,38,39,40,41). The molecule has 0 amide bonds. The van der Waals surface area contributed by atoms with Crippen molar-refractivity contribution in [3.05, 3.63) is 126 Å². The van der Waals surface area contributed by atoms with E-state index in [0.717, 1.165) is 64.2 Å². The SMILES string of the molecule is CCCCc1ncc(C(=O)CCc2ccccn2)n1Cc1ccc(-c2cc(-c3ccccc3)ccc2-c2nn[nH]n2)cc1. The molecule has 214 valence electrons. The summed E-state index contributed by atoms with van der Waals surface area (Å²) in [6.07, 6.45) is 7.43. The number of aromatic amines is 1. The van der Waals surface area contributed by atoms with E-state index in [0.29, 0.717) is 30.9 Å². The smallest absolute Gasteiger partial charge is 0.205 e. The highest BCUT2D eigenvalue weighted by molar-refractivity contribution is 5.94. The number of imidazole rings is 1. The van der Waals surface area contributed by atoms with Crippen LogP contribution in [0.1, 0.15) is 53.8 Å². The lowest BCUT2D eigenvalue weighted by atomic mass is 9.93. The van der Waals surface area contributed by atoms with Crippen molar-refractivity contribution in [2.24, 2.45) is 0 Å². The Morgan fingerprint density at radius 1 is 0.814 bits per heavy atom. The zero-order chi connectivity index (χ0) is 29.4. The van der Waals surface area contributed by atoms with Gasteiger partial charge in [0.2, 0.25) is 5.82 Å². The van der Waals surface area contributed by atoms with Gasteiger partial charge in [-0.3, -0.25) is 9.78 Å². The number of Topliss-reactive ketones (excluding diaryl/α,β-unsaturated/α-hetero) is 1. The van der Waals surface area contributed by atoms with Gasteiger partial charge < -0.3 is 4.57 Å². The van der Waals surface area contributed by atoms with E-state index in [4.69, 9.17) is 0 Å². The van der Waals surface area contributed by atoms with E-state index in [-0.39, 0.29) is 5.78 Å². The topological polar surface area (TPSA) is 102 Å². The minimum absolute atomic E-state index is 0.0833. The second-order valence-corrected chi connectivity index (χ2v) is 10.6. The Hall–Kier alpha value is -5.24. The van der Waals surface area contributed by atoms with Crippen molar-refractivity contribution >= 4 is 5.78 Å². The number of aromatic nitrogens is 7. The molecule has 0 aliphatic heterocycles. The molecule has 0 spiro atoms. The highest BCUT2D eigenvalue weighted by atomic mass is 16.1. The summed E-state index contributed by atoms with van der Waals surface area (Å²) in [5.74, 6) is 1.58. The van der Waals surface area contributed by atoms with Crippen molar-refractivity contribution in [2.45, 2.75) is 45.6 Å². The van der Waals surface area contributed by atoms with Gasteiger partial charge in [0, 0.05) is 36.8 Å². The molecular formula is C35H33N7O. The fourth-order valence-corrected chi connectivity index (χ4v) is 5.30. The molecule has 8 nitrogen and oxygen atoms in total. The van der Waals surface area contributed by atoms with Crippen molar-refractivity contribution in [3.63, 3.8) is 0 Å². The van der Waals surface area contributed by atoms with Crippen LogP contribution in [0.25, 0.3) is 33.6 Å². The third-order valence-corrected chi connectivity index (χ3v) is 7.63. The number of hydrogen-bond donors (Lipinski definition) is 1. The molecule has 43 heavy (non-hydrogen) atoms. The first-order valence-corrected chi connectivity index (χ1v) is 14.7. The first-order chi connectivity index (χ1) is 21.2. The molecule has 8 heteroatoms. The molecule has 6 rings (SSSR count). The predicted molar refractivity (Wildman–Crippen MR) is 167 cm³/mol. The average Bonchev–Trinajstić information content (AvgIpc) is 3.74. The summed E-state index contributed by atoms with van der Waals surface area (Å²) in [6, 6.07) is 30.9. The lowest BCUT2D eigenvalue weighted by molar-refractivity contribution is 0.0973. The zero-order valence-corrected chi connectivity index (χ0v) is 24.1. The summed E-state index contributed by atoms with van der Waals surface area (Å²) >= 11 is 0. The van der Waals surface area contributed by atoms with Crippen LogP contribution >= 0.6 is 0 Å². The number of tetrazole rings is 1. The van der Waals surface area contributed by atoms with E-state index in [1.165, 1.54) is 0 Å². The van der Waals surface area contributed by atoms with E-state index >= 15 is 0 Å². The maximum absolute atomic E-state index is 13.3. The molecule has 3 aromatic heterocycles. The van der Waals surface area contributed by atoms with Crippen LogP contribution in [-0.2, 0) is 19.4 Å². The summed E-state index contributed by atoms with van der Waals surface area (Å²) in [7, 11) is 0. The largest absolute Gasteiger partial charge is 0.321 e. The van der Waals surface area contributed by atoms with Crippen LogP contribution in [0.4, 0.5) is 0 Å². The molecule has 3 heterocycles. The van der Waals surface area contributed by atoms with E-state index in [1.54, 1.807) is 12.4 Å². The van der Waals surface area contributed by atoms with Gasteiger partial charge in [-0.1, -0.05) is 80.1 Å². The maximum Gasteiger partial charge on any atom is 0.205 e. The number of ketones is 1. The van der Waals surface area contributed by atoms with E-state index < -0.39 is 0 Å². The molecule has 0 atom stereocenters. The lowest BCUT2D eigenvalue weighted by Crippen LogP contribution is -2.14. The van der Waals surface area contributed by atoms with Gasteiger partial charge in [-0.2, -0.15) is 5.21 Å². The Bertz CT molecular complexity index is 1780. The lowest BCUT2D eigenvalue weighted by Gasteiger charge is -2.14. The van der Waals surface area contributed by atoms with Crippen LogP contribution in [0.5, 0.6) is 0 Å². The third kappa shape index (κ3) is 6.48. The minimum atomic E-state index is 0.0833. The van der Waals surface area contributed by atoms with Gasteiger partial charge in [-0.15, -0.1) is 10.2 Å². The minimum Gasteiger partial charge on any atom is -0.321 e. The Morgan fingerprint density at radius 2 is 1.63 bits per heavy atom. The van der Waals surface area contributed by atoms with E-state index in [1.807, 2.05) is 42.5 Å². The second-order valence-electron chi connectivity index (χ2n) is 10.6. The summed E-state index contributed by atoms with van der Waals surface area (Å²) in [5.41, 5.74) is 7.88. The Balaban J connectivity index is 1.28. The van der Waals surface area contributed by atoms with E-state index in [2.05, 4.69) is 90.6 Å². The van der Waals surface area contributed by atoms with Crippen LogP contribution in [0.2, 0.25) is 0 Å². The molecule has 0 saturated carbocycles. The number of carbonyl (C=O) groups excluding carboxylic acids is 1. The monoisotopic (exact) mass is 567 g/mol. The molecule has 0 radical (unpaired) electrons. The summed E-state index contributed by atoms with van der Waals surface area (Å²) in [4.78, 5) is 22.4. The molecule has 0 aliphatic carbocycles. The molecule has 0 aliphatic rings. The number of aryl methyl sites for hydroxylation is 2. The number of H-pyrrole nitrogens is 1. The van der Waals surface area contributed by atoms with Crippen molar-refractivity contribution in [2.75, 3.05) is 0 Å². The molecule has 0 bridgehead atoms. The van der Waals surface area contributed by atoms with Crippen molar-refractivity contribution in [1.82, 2.24) is 35.2 Å². The number of nitrogens with zero attached hydrogens (tertiary/aromatic N) is 6. The maximum atomic E-state index is 13.3. The number of benzene rings is 3. The van der Waals surface area contributed by atoms with Crippen molar-refractivity contribution in [1.29, 1.82) is 0 Å². The normalized spacial score (nSPS) is 11.1. The Labute approximate surface area is 250 Å². The number of pyridine rings is 1. The molecule has 0 unspecified atom stereocenters. The number of nitrogens with one attached hydrogen (secondary N) is 1. The highest BCUT2D eigenvalue weighted by Crippen LogP contribution is 2.34. The van der Waals surface area contributed by atoms with Gasteiger partial charge in [0.05, 0.1) is 6.20 Å². The quantitative estimate of drug-likeness (QED) is 0.160. The number of unbranched alkanes of at least 4 members (excludes halogenated alkanes) is 1. The van der Waals surface area contributed by atoms with E-state index in [9.17, 15) is 4.79 Å². The molecular weight excluding hydrogens is 534 g/mol. The Morgan fingerprint density at radius 3 is 2.37 bits per heavy atom. The second kappa shape index (κ2) is 13.2. The van der Waals surface area contributed by atoms with Crippen LogP contribution in [0, 0.1) is 0 Å². The first-order valence-electron chi connectivity index (χ1n) is 14.7. The molecule has 3 aromatic carbocycles. The first kappa shape index (κ1) is 27.9. The summed E-state index contributed by atoms with van der Waals surface area (Å²) < 4.78 is 2.09. The van der Waals surface area contributed by atoms with Crippen LogP contribution < -0.4 is 0 Å². The third-order valence-electron chi connectivity index (χ3n) is 7.63. The molecule has 0 fully saturated rings. The fraction of sp³-hybridized carbons (Fsp3) is 0.200. The molecule has 0 saturated heterocycles.